The van der Waals surface area contributed by atoms with Gasteiger partial charge in [-0.1, -0.05) is 28.1 Å². The summed E-state index contributed by atoms with van der Waals surface area (Å²) in [6.45, 7) is 2.36. The molecule has 3 heteroatoms. The van der Waals surface area contributed by atoms with Crippen molar-refractivity contribution in [3.05, 3.63) is 34.3 Å². The van der Waals surface area contributed by atoms with Crippen LogP contribution in [0.4, 0.5) is 0 Å². The Hall–Kier alpha value is -0.380. The first-order valence-corrected chi connectivity index (χ1v) is 4.58. The van der Waals surface area contributed by atoms with E-state index in [1.54, 1.807) is 0 Å². The van der Waals surface area contributed by atoms with Crippen molar-refractivity contribution in [3.63, 3.8) is 0 Å². The molecule has 1 N–H and O–H groups in total. The topological polar surface area (TPSA) is 29.5 Å². The third-order valence-electron chi connectivity index (χ3n) is 1.46. The molecule has 12 heavy (non-hydrogen) atoms. The monoisotopic (exact) mass is 230 g/mol. The van der Waals surface area contributed by atoms with Crippen LogP contribution in [-0.4, -0.2) is 11.7 Å². The Morgan fingerprint density at radius 3 is 2.92 bits per heavy atom. The zero-order valence-corrected chi connectivity index (χ0v) is 8.41. The van der Waals surface area contributed by atoms with Crippen LogP contribution in [0.25, 0.3) is 0 Å². The Morgan fingerprint density at radius 1 is 1.58 bits per heavy atom. The molecule has 0 aliphatic rings. The van der Waals surface area contributed by atoms with Crippen molar-refractivity contribution >= 4 is 15.9 Å². The lowest BCUT2D eigenvalue weighted by atomic mass is 10.2. The zero-order valence-electron chi connectivity index (χ0n) is 6.83. The molecular formula is C9H11BrO2. The normalized spacial score (nSPS) is 12.9. The van der Waals surface area contributed by atoms with Gasteiger partial charge in [0.05, 0.1) is 0 Å². The molecule has 2 nitrogen and oxygen atoms in total. The predicted molar refractivity (Wildman–Crippen MR) is 50.7 cm³/mol. The van der Waals surface area contributed by atoms with Crippen LogP contribution >= 0.6 is 15.9 Å². The summed E-state index contributed by atoms with van der Waals surface area (Å²) in [6, 6.07) is 7.43. The Morgan fingerprint density at radius 2 is 2.33 bits per heavy atom. The third kappa shape index (κ3) is 2.59. The van der Waals surface area contributed by atoms with E-state index in [4.69, 9.17) is 4.74 Å². The number of ether oxygens (including phenoxy) is 1. The van der Waals surface area contributed by atoms with E-state index in [0.717, 1.165) is 10.0 Å². The number of aliphatic hydroxyl groups is 1. The summed E-state index contributed by atoms with van der Waals surface area (Å²) in [7, 11) is 0. The molecule has 1 rings (SSSR count). The molecule has 0 aliphatic carbocycles. The lowest BCUT2D eigenvalue weighted by molar-refractivity contribution is -0.0980. The van der Waals surface area contributed by atoms with Gasteiger partial charge < -0.3 is 9.84 Å². The fourth-order valence-electron chi connectivity index (χ4n) is 0.914. The second-order valence-corrected chi connectivity index (χ2v) is 3.28. The summed E-state index contributed by atoms with van der Waals surface area (Å²) < 4.78 is 5.96. The summed E-state index contributed by atoms with van der Waals surface area (Å²) in [5, 5.41) is 9.40. The SMILES string of the molecule is CCOC(O)c1cccc(Br)c1. The van der Waals surface area contributed by atoms with Crippen molar-refractivity contribution in [2.24, 2.45) is 0 Å². The number of benzene rings is 1. The summed E-state index contributed by atoms with van der Waals surface area (Å²) in [4.78, 5) is 0. The molecule has 66 valence electrons. The van der Waals surface area contributed by atoms with Gasteiger partial charge in [0.1, 0.15) is 0 Å². The van der Waals surface area contributed by atoms with Crippen LogP contribution in [0.3, 0.4) is 0 Å². The number of hydrogen-bond acceptors (Lipinski definition) is 2. The van der Waals surface area contributed by atoms with Crippen molar-refractivity contribution < 1.29 is 9.84 Å². The molecule has 0 amide bonds. The van der Waals surface area contributed by atoms with Crippen LogP contribution in [0.1, 0.15) is 18.8 Å². The van der Waals surface area contributed by atoms with Crippen molar-refractivity contribution in [1.29, 1.82) is 0 Å². The first-order chi connectivity index (χ1) is 5.74. The molecule has 0 aromatic heterocycles. The maximum atomic E-state index is 9.40. The van der Waals surface area contributed by atoms with Crippen molar-refractivity contribution in [3.8, 4) is 0 Å². The standard InChI is InChI=1S/C9H11BrO2/c1-2-12-9(11)7-4-3-5-8(10)6-7/h3-6,9,11H,2H2,1H3. The van der Waals surface area contributed by atoms with Gasteiger partial charge in [-0.3, -0.25) is 0 Å². The summed E-state index contributed by atoms with van der Waals surface area (Å²) in [6.07, 6.45) is -0.813. The zero-order chi connectivity index (χ0) is 8.97. The van der Waals surface area contributed by atoms with E-state index >= 15 is 0 Å². The Kier molecular flexibility index (Phi) is 3.72. The maximum Gasteiger partial charge on any atom is 0.181 e. The van der Waals surface area contributed by atoms with Crippen molar-refractivity contribution in [2.75, 3.05) is 6.61 Å². The molecule has 1 aromatic rings. The first kappa shape index (κ1) is 9.71. The smallest absolute Gasteiger partial charge is 0.181 e. The van der Waals surface area contributed by atoms with Gasteiger partial charge in [0, 0.05) is 16.6 Å². The van der Waals surface area contributed by atoms with Gasteiger partial charge in [-0.2, -0.15) is 0 Å². The van der Waals surface area contributed by atoms with Gasteiger partial charge in [0.25, 0.3) is 0 Å². The molecule has 1 unspecified atom stereocenters. The van der Waals surface area contributed by atoms with E-state index in [0.29, 0.717) is 6.61 Å². The van der Waals surface area contributed by atoms with E-state index < -0.39 is 6.29 Å². The van der Waals surface area contributed by atoms with Crippen LogP contribution in [0.5, 0.6) is 0 Å². The fourth-order valence-corrected chi connectivity index (χ4v) is 1.33. The average molecular weight is 231 g/mol. The van der Waals surface area contributed by atoms with Gasteiger partial charge in [0.15, 0.2) is 6.29 Å². The quantitative estimate of drug-likeness (QED) is 0.809. The van der Waals surface area contributed by atoms with Crippen LogP contribution in [-0.2, 0) is 4.74 Å². The molecule has 1 atom stereocenters. The Balaban J connectivity index is 2.73. The largest absolute Gasteiger partial charge is 0.364 e. The molecule has 0 saturated carbocycles. The van der Waals surface area contributed by atoms with Gasteiger partial charge in [0.2, 0.25) is 0 Å². The Bertz CT molecular complexity index is 250. The number of rotatable bonds is 3. The number of halogens is 1. The van der Waals surface area contributed by atoms with Crippen molar-refractivity contribution in [2.45, 2.75) is 13.2 Å². The lowest BCUT2D eigenvalue weighted by Gasteiger charge is -2.10. The minimum atomic E-state index is -0.813. The minimum Gasteiger partial charge on any atom is -0.364 e. The van der Waals surface area contributed by atoms with Gasteiger partial charge in [-0.15, -0.1) is 0 Å². The van der Waals surface area contributed by atoms with Crippen LogP contribution in [0.2, 0.25) is 0 Å². The molecule has 0 radical (unpaired) electrons. The highest BCUT2D eigenvalue weighted by molar-refractivity contribution is 9.10. The fraction of sp³-hybridized carbons (Fsp3) is 0.333. The number of hydrogen-bond donors (Lipinski definition) is 1. The van der Waals surface area contributed by atoms with Gasteiger partial charge in [-0.25, -0.2) is 0 Å². The van der Waals surface area contributed by atoms with Gasteiger partial charge >= 0.3 is 0 Å². The molecule has 0 bridgehead atoms. The first-order valence-electron chi connectivity index (χ1n) is 3.79. The molecule has 0 saturated heterocycles. The van der Waals surface area contributed by atoms with E-state index in [1.165, 1.54) is 0 Å². The van der Waals surface area contributed by atoms with E-state index in [-0.39, 0.29) is 0 Å². The number of aliphatic hydroxyl groups excluding tert-OH is 1. The van der Waals surface area contributed by atoms with E-state index in [2.05, 4.69) is 15.9 Å². The summed E-state index contributed by atoms with van der Waals surface area (Å²) >= 11 is 3.31. The second kappa shape index (κ2) is 4.60. The molecule has 0 fully saturated rings. The summed E-state index contributed by atoms with van der Waals surface area (Å²) in [5.74, 6) is 0. The third-order valence-corrected chi connectivity index (χ3v) is 1.95. The molecule has 0 aliphatic heterocycles. The second-order valence-electron chi connectivity index (χ2n) is 2.36. The van der Waals surface area contributed by atoms with Crippen LogP contribution in [0, 0.1) is 0 Å². The Labute approximate surface area is 80.3 Å². The van der Waals surface area contributed by atoms with Crippen molar-refractivity contribution in [1.82, 2.24) is 0 Å². The molecular weight excluding hydrogens is 220 g/mol. The van der Waals surface area contributed by atoms with Crippen LogP contribution < -0.4 is 0 Å². The molecule has 0 spiro atoms. The van der Waals surface area contributed by atoms with E-state index in [1.807, 2.05) is 31.2 Å². The predicted octanol–water partition coefficient (Wildman–Crippen LogP) is 2.48. The highest BCUT2D eigenvalue weighted by Crippen LogP contribution is 2.18. The molecule has 1 aromatic carbocycles. The lowest BCUT2D eigenvalue weighted by Crippen LogP contribution is -2.02. The van der Waals surface area contributed by atoms with E-state index in [9.17, 15) is 5.11 Å². The highest BCUT2D eigenvalue weighted by atomic mass is 79.9. The maximum absolute atomic E-state index is 9.40. The van der Waals surface area contributed by atoms with Gasteiger partial charge in [-0.05, 0) is 19.1 Å². The van der Waals surface area contributed by atoms with Crippen LogP contribution in [0.15, 0.2) is 28.7 Å². The summed E-state index contributed by atoms with van der Waals surface area (Å²) in [5.41, 5.74) is 0.770. The highest BCUT2D eigenvalue weighted by Gasteiger charge is 2.05. The molecule has 0 heterocycles. The average Bonchev–Trinajstić information content (AvgIpc) is 2.05. The minimum absolute atomic E-state index is 0.508.